The Morgan fingerprint density at radius 3 is 2.83 bits per heavy atom. The van der Waals surface area contributed by atoms with E-state index in [1.807, 2.05) is 19.1 Å². The van der Waals surface area contributed by atoms with Crippen LogP contribution < -0.4 is 5.32 Å². The predicted octanol–water partition coefficient (Wildman–Crippen LogP) is 2.10. The number of rotatable bonds is 4. The number of hydrogen-bond donors (Lipinski definition) is 2. The van der Waals surface area contributed by atoms with Gasteiger partial charge in [-0.25, -0.2) is 4.79 Å². The fourth-order valence-corrected chi connectivity index (χ4v) is 1.52. The minimum absolute atomic E-state index is 0.213. The highest BCUT2D eigenvalue weighted by molar-refractivity contribution is 5.93. The number of carboxylic acid groups (broad SMARTS) is 1. The number of aromatic nitrogens is 2. The van der Waals surface area contributed by atoms with Crippen LogP contribution in [-0.2, 0) is 6.54 Å². The number of carbonyl (C=O) groups is 1. The quantitative estimate of drug-likeness (QED) is 0.860. The molecule has 2 rings (SSSR count). The van der Waals surface area contributed by atoms with E-state index in [2.05, 4.69) is 15.3 Å². The van der Waals surface area contributed by atoms with Crippen molar-refractivity contribution in [1.82, 2.24) is 9.97 Å². The van der Waals surface area contributed by atoms with Crippen LogP contribution in [0, 0.1) is 6.92 Å². The zero-order chi connectivity index (χ0) is 13.0. The first kappa shape index (κ1) is 12.0. The van der Waals surface area contributed by atoms with Gasteiger partial charge in [0.1, 0.15) is 0 Å². The molecule has 0 aliphatic heterocycles. The van der Waals surface area contributed by atoms with E-state index in [0.717, 1.165) is 11.3 Å². The molecular formula is C13H13N3O2. The fraction of sp³-hybridized carbons (Fsp3) is 0.154. The molecule has 92 valence electrons. The summed E-state index contributed by atoms with van der Waals surface area (Å²) in [6.07, 6.45) is 4.73. The third-order valence-corrected chi connectivity index (χ3v) is 2.51. The van der Waals surface area contributed by atoms with E-state index in [9.17, 15) is 4.79 Å². The average Bonchev–Trinajstić information content (AvgIpc) is 2.38. The first-order valence-electron chi connectivity index (χ1n) is 5.49. The summed E-state index contributed by atoms with van der Waals surface area (Å²) in [5.74, 6) is -0.970. The summed E-state index contributed by atoms with van der Waals surface area (Å²) < 4.78 is 0. The van der Waals surface area contributed by atoms with Gasteiger partial charge < -0.3 is 10.4 Å². The van der Waals surface area contributed by atoms with Crippen molar-refractivity contribution in [2.45, 2.75) is 13.5 Å². The molecule has 0 aliphatic rings. The van der Waals surface area contributed by atoms with Crippen LogP contribution in [0.25, 0.3) is 0 Å². The fourth-order valence-electron chi connectivity index (χ4n) is 1.52. The normalized spacial score (nSPS) is 10.1. The molecule has 0 bridgehead atoms. The highest BCUT2D eigenvalue weighted by atomic mass is 16.4. The third kappa shape index (κ3) is 2.82. The average molecular weight is 243 g/mol. The van der Waals surface area contributed by atoms with Crippen molar-refractivity contribution >= 4 is 11.7 Å². The third-order valence-electron chi connectivity index (χ3n) is 2.51. The first-order valence-corrected chi connectivity index (χ1v) is 5.49. The van der Waals surface area contributed by atoms with Crippen molar-refractivity contribution in [3.63, 3.8) is 0 Å². The number of aryl methyl sites for hydroxylation is 1. The largest absolute Gasteiger partial charge is 0.478 e. The van der Waals surface area contributed by atoms with Gasteiger partial charge in [-0.3, -0.25) is 9.97 Å². The molecule has 2 N–H and O–H groups in total. The second-order valence-electron chi connectivity index (χ2n) is 3.89. The molecule has 18 heavy (non-hydrogen) atoms. The van der Waals surface area contributed by atoms with Crippen LogP contribution in [0.5, 0.6) is 0 Å². The van der Waals surface area contributed by atoms with Crippen LogP contribution in [0.1, 0.15) is 21.6 Å². The molecular weight excluding hydrogens is 230 g/mol. The van der Waals surface area contributed by atoms with Gasteiger partial charge in [0.2, 0.25) is 0 Å². The van der Waals surface area contributed by atoms with E-state index in [4.69, 9.17) is 5.11 Å². The molecule has 0 aromatic carbocycles. The van der Waals surface area contributed by atoms with Crippen molar-refractivity contribution in [2.75, 3.05) is 5.32 Å². The molecule has 2 aromatic heterocycles. The molecule has 2 heterocycles. The van der Waals surface area contributed by atoms with Crippen LogP contribution in [0.15, 0.2) is 36.8 Å². The zero-order valence-electron chi connectivity index (χ0n) is 9.92. The first-order chi connectivity index (χ1) is 8.66. The van der Waals surface area contributed by atoms with Crippen molar-refractivity contribution in [1.29, 1.82) is 0 Å². The number of nitrogens with one attached hydrogen (secondary N) is 1. The Morgan fingerprint density at radius 1 is 1.33 bits per heavy atom. The molecule has 0 radical (unpaired) electrons. The van der Waals surface area contributed by atoms with E-state index in [1.54, 1.807) is 6.20 Å². The number of aromatic carboxylic acids is 1. The molecule has 0 atom stereocenters. The lowest BCUT2D eigenvalue weighted by molar-refractivity contribution is 0.0698. The summed E-state index contributed by atoms with van der Waals surface area (Å²) >= 11 is 0. The zero-order valence-corrected chi connectivity index (χ0v) is 9.92. The lowest BCUT2D eigenvalue weighted by Crippen LogP contribution is -2.07. The Kier molecular flexibility index (Phi) is 3.52. The number of hydrogen-bond acceptors (Lipinski definition) is 4. The highest BCUT2D eigenvalue weighted by Crippen LogP contribution is 2.14. The van der Waals surface area contributed by atoms with Gasteiger partial charge >= 0.3 is 5.97 Å². The van der Waals surface area contributed by atoms with Crippen LogP contribution >= 0.6 is 0 Å². The summed E-state index contributed by atoms with van der Waals surface area (Å²) in [5, 5.41) is 12.1. The van der Waals surface area contributed by atoms with Crippen molar-refractivity contribution < 1.29 is 9.90 Å². The Labute approximate surface area is 105 Å². The van der Waals surface area contributed by atoms with E-state index in [-0.39, 0.29) is 5.56 Å². The molecule has 0 unspecified atom stereocenters. The van der Waals surface area contributed by atoms with Crippen LogP contribution in [0.4, 0.5) is 5.69 Å². The monoisotopic (exact) mass is 243 g/mol. The summed E-state index contributed by atoms with van der Waals surface area (Å²) in [4.78, 5) is 19.1. The maximum Gasteiger partial charge on any atom is 0.337 e. The number of nitrogens with zero attached hydrogens (tertiary/aromatic N) is 2. The van der Waals surface area contributed by atoms with Crippen LogP contribution in [-0.4, -0.2) is 21.0 Å². The molecule has 0 spiro atoms. The predicted molar refractivity (Wildman–Crippen MR) is 67.5 cm³/mol. The van der Waals surface area contributed by atoms with E-state index < -0.39 is 5.97 Å². The Hall–Kier alpha value is -2.43. The van der Waals surface area contributed by atoms with Gasteiger partial charge in [-0.1, -0.05) is 6.07 Å². The summed E-state index contributed by atoms with van der Waals surface area (Å²) in [7, 11) is 0. The van der Waals surface area contributed by atoms with E-state index >= 15 is 0 Å². The van der Waals surface area contributed by atoms with Crippen LogP contribution in [0.2, 0.25) is 0 Å². The maximum atomic E-state index is 11.0. The van der Waals surface area contributed by atoms with Gasteiger partial charge in [-0.05, 0) is 24.6 Å². The summed E-state index contributed by atoms with van der Waals surface area (Å²) in [5.41, 5.74) is 2.66. The molecule has 2 aromatic rings. The lowest BCUT2D eigenvalue weighted by Gasteiger charge is -2.08. The summed E-state index contributed by atoms with van der Waals surface area (Å²) in [6.45, 7) is 2.43. The van der Waals surface area contributed by atoms with Gasteiger partial charge in [0.25, 0.3) is 0 Å². The second-order valence-corrected chi connectivity index (χ2v) is 3.89. The molecule has 0 amide bonds. The SMILES string of the molecule is Cc1ccc(CNc2cnccc2C(=O)O)cn1. The van der Waals surface area contributed by atoms with Crippen LogP contribution in [0.3, 0.4) is 0 Å². The smallest absolute Gasteiger partial charge is 0.337 e. The van der Waals surface area contributed by atoms with Gasteiger partial charge in [0.15, 0.2) is 0 Å². The topological polar surface area (TPSA) is 75.1 Å². The van der Waals surface area contributed by atoms with Gasteiger partial charge in [0, 0.05) is 24.6 Å². The highest BCUT2D eigenvalue weighted by Gasteiger charge is 2.08. The number of pyridine rings is 2. The Morgan fingerprint density at radius 2 is 2.17 bits per heavy atom. The van der Waals surface area contributed by atoms with Crippen molar-refractivity contribution in [3.8, 4) is 0 Å². The Balaban J connectivity index is 2.10. The number of carboxylic acids is 1. The minimum Gasteiger partial charge on any atom is -0.478 e. The van der Waals surface area contributed by atoms with Gasteiger partial charge in [0.05, 0.1) is 17.4 Å². The molecule has 0 saturated heterocycles. The van der Waals surface area contributed by atoms with E-state index in [1.165, 1.54) is 18.5 Å². The maximum absolute atomic E-state index is 11.0. The molecule has 5 nitrogen and oxygen atoms in total. The van der Waals surface area contributed by atoms with Crippen molar-refractivity contribution in [2.24, 2.45) is 0 Å². The second kappa shape index (κ2) is 5.27. The van der Waals surface area contributed by atoms with Gasteiger partial charge in [-0.2, -0.15) is 0 Å². The van der Waals surface area contributed by atoms with Crippen molar-refractivity contribution in [3.05, 3.63) is 53.6 Å². The number of anilines is 1. The molecule has 0 fully saturated rings. The standard InChI is InChI=1S/C13H13N3O2/c1-9-2-3-10(6-15-9)7-16-12-8-14-5-4-11(12)13(17)18/h2-6,8,16H,7H2,1H3,(H,17,18). The molecule has 0 aliphatic carbocycles. The molecule has 0 saturated carbocycles. The summed E-state index contributed by atoms with van der Waals surface area (Å²) in [6, 6.07) is 5.34. The lowest BCUT2D eigenvalue weighted by atomic mass is 10.2. The van der Waals surface area contributed by atoms with Gasteiger partial charge in [-0.15, -0.1) is 0 Å². The molecule has 5 heteroatoms. The van der Waals surface area contributed by atoms with E-state index in [0.29, 0.717) is 12.2 Å². The Bertz CT molecular complexity index is 552. The minimum atomic E-state index is -0.970.